The van der Waals surface area contributed by atoms with Gasteiger partial charge in [0.25, 0.3) is 0 Å². The van der Waals surface area contributed by atoms with Crippen LogP contribution in [0.15, 0.2) is 0 Å². The van der Waals surface area contributed by atoms with Crippen LogP contribution in [-0.4, -0.2) is 0 Å². The van der Waals surface area contributed by atoms with Crippen LogP contribution in [0.1, 0.15) is 0 Å². The van der Waals surface area contributed by atoms with Gasteiger partial charge in [-0.05, 0) is 0 Å². The molecule has 0 atom stereocenters. The molecule has 0 aromatic carbocycles. The molecule has 0 spiro atoms. The predicted octanol–water partition coefficient (Wildman–Crippen LogP) is -21.0. The maximum atomic E-state index is 0. The first kappa shape index (κ1) is 81.6. The molecule has 8 heavy (non-hydrogen) atoms. The van der Waals surface area contributed by atoms with Gasteiger partial charge < -0.3 is 102 Å². The Morgan fingerprint density at radius 3 is 0.375 bits per heavy atom. The van der Waals surface area contributed by atoms with Crippen molar-refractivity contribution in [2.24, 2.45) is 0 Å². The minimum Gasteiger partial charge on any atom is -1.00 e. The van der Waals surface area contributed by atoms with Gasteiger partial charge >= 0.3 is 49.0 Å². The van der Waals surface area contributed by atoms with E-state index in [4.69, 9.17) is 0 Å². The number of hydrogen-bond donors (Lipinski definition) is 0. The molecule has 8 heteroatoms. The van der Waals surface area contributed by atoms with E-state index in [-0.39, 0.29) is 151 Å². The zero-order valence-corrected chi connectivity index (χ0v) is 16.8. The Bertz CT molecular complexity index is 8.49. The third kappa shape index (κ3) is 46.8. The minimum absolute atomic E-state index is 0. The molecular weight excluding hydrogens is 605 g/mol. The number of halogens is 6. The third-order valence-electron chi connectivity index (χ3n) is 0. The first-order valence-electron chi connectivity index (χ1n) is 0. The van der Waals surface area contributed by atoms with Crippen molar-refractivity contribution in [1.82, 2.24) is 0 Å². The van der Waals surface area contributed by atoms with Crippen molar-refractivity contribution in [3.8, 4) is 0 Å². The van der Waals surface area contributed by atoms with Crippen LogP contribution in [-0.2, 0) is 19.5 Å². The largest absolute Gasteiger partial charge is 2.00 e. The summed E-state index contributed by atoms with van der Waals surface area (Å²) in [5.41, 5.74) is 0. The molecule has 0 heterocycles. The van der Waals surface area contributed by atoms with Crippen LogP contribution in [0, 0.1) is 0 Å². The molecule has 0 nitrogen and oxygen atoms in total. The summed E-state index contributed by atoms with van der Waals surface area (Å²) in [5.74, 6) is 0. The van der Waals surface area contributed by atoms with E-state index in [1.807, 2.05) is 0 Å². The van der Waals surface area contributed by atoms with Gasteiger partial charge in [0, 0.05) is 0 Å². The molecule has 1 radical (unpaired) electrons. The van der Waals surface area contributed by atoms with Crippen LogP contribution < -0.4 is 131 Å². The van der Waals surface area contributed by atoms with Crippen LogP contribution in [0.4, 0.5) is 0 Å². The van der Waals surface area contributed by atoms with Gasteiger partial charge in [-0.3, -0.25) is 0 Å². The smallest absolute Gasteiger partial charge is 1.00 e. The second kappa shape index (κ2) is 62.6. The summed E-state index contributed by atoms with van der Waals surface area (Å²) in [5, 5.41) is 0. The van der Waals surface area contributed by atoms with Gasteiger partial charge in [0.1, 0.15) is 0 Å². The van der Waals surface area contributed by atoms with E-state index in [0.717, 1.165) is 0 Å². The SMILES string of the molecule is [Br-].[Br-].[Br-].[Br-].[Br-].[Br-].[Na+].[Rh+2]. The van der Waals surface area contributed by atoms with Gasteiger partial charge in [-0.15, -0.1) is 0 Å². The van der Waals surface area contributed by atoms with Crippen molar-refractivity contribution < 1.29 is 151 Å². The summed E-state index contributed by atoms with van der Waals surface area (Å²) in [6, 6.07) is 0. The monoisotopic (exact) mass is 599 g/mol. The molecule has 0 unspecified atom stereocenters. The van der Waals surface area contributed by atoms with Crippen LogP contribution >= 0.6 is 0 Å². The predicted molar refractivity (Wildman–Crippen MR) is 0 cm³/mol. The Balaban J connectivity index is 0. The summed E-state index contributed by atoms with van der Waals surface area (Å²) < 4.78 is 0. The fraction of sp³-hybridized carbons (Fsp3) is 0. The maximum Gasteiger partial charge on any atom is 2.00 e. The summed E-state index contributed by atoms with van der Waals surface area (Å²) >= 11 is 0. The van der Waals surface area contributed by atoms with Gasteiger partial charge in [0.05, 0.1) is 0 Å². The Kier molecular flexibility index (Phi) is 638. The van der Waals surface area contributed by atoms with E-state index in [2.05, 4.69) is 0 Å². The van der Waals surface area contributed by atoms with E-state index in [1.54, 1.807) is 0 Å². The number of rotatable bonds is 0. The molecule has 0 saturated carbocycles. The molecular formula is Br6NaRh-3. The van der Waals surface area contributed by atoms with Crippen LogP contribution in [0.5, 0.6) is 0 Å². The van der Waals surface area contributed by atoms with Crippen molar-refractivity contribution in [1.29, 1.82) is 0 Å². The van der Waals surface area contributed by atoms with Crippen LogP contribution in [0.25, 0.3) is 0 Å². The molecule has 0 aliphatic carbocycles. The van der Waals surface area contributed by atoms with Gasteiger partial charge in [-0.1, -0.05) is 0 Å². The fourth-order valence-electron chi connectivity index (χ4n) is 0. The fourth-order valence-corrected chi connectivity index (χ4v) is 0. The minimum atomic E-state index is 0. The first-order valence-corrected chi connectivity index (χ1v) is 0. The summed E-state index contributed by atoms with van der Waals surface area (Å²) in [7, 11) is 0. The average Bonchev–Trinajstić information content (AvgIpc) is 0. The van der Waals surface area contributed by atoms with E-state index in [9.17, 15) is 0 Å². The Morgan fingerprint density at radius 1 is 0.375 bits per heavy atom. The zero-order chi connectivity index (χ0) is 0. The molecule has 0 aromatic rings. The third-order valence-corrected chi connectivity index (χ3v) is 0. The zero-order valence-electron chi connectivity index (χ0n) is 3.60. The normalized spacial score (nSPS) is 0. The quantitative estimate of drug-likeness (QED) is 0.241. The maximum absolute atomic E-state index is 0. The van der Waals surface area contributed by atoms with Crippen molar-refractivity contribution in [2.75, 3.05) is 0 Å². The van der Waals surface area contributed by atoms with Gasteiger partial charge in [0.15, 0.2) is 0 Å². The molecule has 0 N–H and O–H groups in total. The number of hydrogen-bond acceptors (Lipinski definition) is 0. The van der Waals surface area contributed by atoms with E-state index >= 15 is 0 Å². The van der Waals surface area contributed by atoms with E-state index in [0.29, 0.717) is 0 Å². The second-order valence-electron chi connectivity index (χ2n) is 0. The average molecular weight is 605 g/mol. The standard InChI is InChI=1S/6BrH.Na.Rh/h6*1H;;/q;;;;;;+1;+2/p-6. The van der Waals surface area contributed by atoms with Crippen LogP contribution in [0.2, 0.25) is 0 Å². The van der Waals surface area contributed by atoms with E-state index in [1.165, 1.54) is 0 Å². The summed E-state index contributed by atoms with van der Waals surface area (Å²) in [4.78, 5) is 0. The first-order chi connectivity index (χ1) is 0. The van der Waals surface area contributed by atoms with Gasteiger partial charge in [0.2, 0.25) is 0 Å². The molecule has 0 bridgehead atoms. The Labute approximate surface area is 148 Å². The molecule has 0 aromatic heterocycles. The Hall–Kier alpha value is 4.50. The van der Waals surface area contributed by atoms with Gasteiger partial charge in [-0.2, -0.15) is 0 Å². The molecule has 0 aliphatic rings. The summed E-state index contributed by atoms with van der Waals surface area (Å²) in [6.45, 7) is 0. The molecule has 0 rings (SSSR count). The molecule has 55 valence electrons. The van der Waals surface area contributed by atoms with Crippen molar-refractivity contribution >= 4 is 0 Å². The topological polar surface area (TPSA) is 0 Å². The van der Waals surface area contributed by atoms with Crippen molar-refractivity contribution in [3.05, 3.63) is 0 Å². The van der Waals surface area contributed by atoms with Crippen LogP contribution in [0.3, 0.4) is 0 Å². The van der Waals surface area contributed by atoms with Crippen molar-refractivity contribution in [2.45, 2.75) is 0 Å². The summed E-state index contributed by atoms with van der Waals surface area (Å²) in [6.07, 6.45) is 0. The Morgan fingerprint density at radius 2 is 0.375 bits per heavy atom. The van der Waals surface area contributed by atoms with Crippen molar-refractivity contribution in [3.63, 3.8) is 0 Å². The molecule has 0 saturated heterocycles. The van der Waals surface area contributed by atoms with Gasteiger partial charge in [-0.25, -0.2) is 0 Å². The molecule has 0 aliphatic heterocycles. The molecule has 0 amide bonds. The molecule has 0 fully saturated rings. The van der Waals surface area contributed by atoms with E-state index < -0.39 is 0 Å². The second-order valence-corrected chi connectivity index (χ2v) is 0.